The maximum Gasteiger partial charge on any atom is 0.261 e. The van der Waals surface area contributed by atoms with E-state index in [4.69, 9.17) is 0 Å². The van der Waals surface area contributed by atoms with Crippen molar-refractivity contribution in [3.05, 3.63) is 53.6 Å². The average Bonchev–Trinajstić information content (AvgIpc) is 3.36. The summed E-state index contributed by atoms with van der Waals surface area (Å²) in [5.74, 6) is 0.319. The molecule has 2 aliphatic rings. The summed E-state index contributed by atoms with van der Waals surface area (Å²) in [6.45, 7) is 3.93. The standard InChI is InChI=1S/C20H22N2O3S/c1-13-4-3-5-17(10-13)21-26(24,25)18-8-9-19-16(12-18)11-14(2)22(19)20(23)15-6-7-15/h3-5,8-10,12,14-15,21H,6-7,11H2,1-2H3/t14-/m0/s1. The van der Waals surface area contributed by atoms with Crippen LogP contribution in [-0.4, -0.2) is 20.4 Å². The third-order valence-corrected chi connectivity index (χ3v) is 6.39. The fourth-order valence-corrected chi connectivity index (χ4v) is 4.66. The lowest BCUT2D eigenvalue weighted by Gasteiger charge is -2.22. The van der Waals surface area contributed by atoms with E-state index in [0.717, 1.165) is 29.7 Å². The maximum absolute atomic E-state index is 12.7. The zero-order chi connectivity index (χ0) is 18.5. The lowest BCUT2D eigenvalue weighted by molar-refractivity contribution is -0.120. The first-order chi connectivity index (χ1) is 12.3. The van der Waals surface area contributed by atoms with Crippen LogP contribution in [0, 0.1) is 12.8 Å². The van der Waals surface area contributed by atoms with Crippen LogP contribution in [0.5, 0.6) is 0 Å². The molecule has 1 aliphatic carbocycles. The van der Waals surface area contributed by atoms with Gasteiger partial charge < -0.3 is 4.90 Å². The molecule has 1 fully saturated rings. The molecule has 0 unspecified atom stereocenters. The fraction of sp³-hybridized carbons (Fsp3) is 0.350. The number of hydrogen-bond acceptors (Lipinski definition) is 3. The number of anilines is 2. The number of amides is 1. The Morgan fingerprint density at radius 3 is 2.62 bits per heavy atom. The van der Waals surface area contributed by atoms with E-state index < -0.39 is 10.0 Å². The molecule has 6 heteroatoms. The second-order valence-electron chi connectivity index (χ2n) is 7.30. The van der Waals surface area contributed by atoms with Crippen molar-refractivity contribution in [1.29, 1.82) is 0 Å². The first kappa shape index (κ1) is 17.1. The molecule has 136 valence electrons. The Morgan fingerprint density at radius 2 is 1.92 bits per heavy atom. The number of sulfonamides is 1. The summed E-state index contributed by atoms with van der Waals surface area (Å²) < 4.78 is 28.1. The summed E-state index contributed by atoms with van der Waals surface area (Å²) in [6.07, 6.45) is 2.61. The first-order valence-electron chi connectivity index (χ1n) is 8.90. The van der Waals surface area contributed by atoms with Gasteiger partial charge >= 0.3 is 0 Å². The van der Waals surface area contributed by atoms with Crippen molar-refractivity contribution in [3.8, 4) is 0 Å². The molecule has 0 saturated heterocycles. The van der Waals surface area contributed by atoms with E-state index in [-0.39, 0.29) is 22.8 Å². The number of hydrogen-bond donors (Lipinski definition) is 1. The molecular weight excluding hydrogens is 348 g/mol. The van der Waals surface area contributed by atoms with E-state index in [0.29, 0.717) is 12.1 Å². The van der Waals surface area contributed by atoms with Crippen molar-refractivity contribution < 1.29 is 13.2 Å². The Kier molecular flexibility index (Phi) is 4.03. The zero-order valence-corrected chi connectivity index (χ0v) is 15.7. The monoisotopic (exact) mass is 370 g/mol. The first-order valence-corrected chi connectivity index (χ1v) is 10.4. The van der Waals surface area contributed by atoms with Crippen molar-refractivity contribution in [1.82, 2.24) is 0 Å². The highest BCUT2D eigenvalue weighted by molar-refractivity contribution is 7.92. The molecule has 0 aromatic heterocycles. The van der Waals surface area contributed by atoms with Crippen molar-refractivity contribution in [3.63, 3.8) is 0 Å². The van der Waals surface area contributed by atoms with Crippen LogP contribution >= 0.6 is 0 Å². The van der Waals surface area contributed by atoms with Crippen LogP contribution < -0.4 is 9.62 Å². The lowest BCUT2D eigenvalue weighted by Crippen LogP contribution is -2.36. The number of benzene rings is 2. The molecule has 0 spiro atoms. The van der Waals surface area contributed by atoms with Crippen LogP contribution in [0.3, 0.4) is 0 Å². The largest absolute Gasteiger partial charge is 0.309 e. The molecule has 1 N–H and O–H groups in total. The van der Waals surface area contributed by atoms with Crippen LogP contribution in [-0.2, 0) is 21.2 Å². The van der Waals surface area contributed by atoms with E-state index in [2.05, 4.69) is 4.72 Å². The summed E-state index contributed by atoms with van der Waals surface area (Å²) >= 11 is 0. The molecule has 1 aliphatic heterocycles. The van der Waals surface area contributed by atoms with Gasteiger partial charge in [0, 0.05) is 23.3 Å². The van der Waals surface area contributed by atoms with E-state index in [1.165, 1.54) is 0 Å². The number of rotatable bonds is 4. The van der Waals surface area contributed by atoms with Crippen molar-refractivity contribution in [2.24, 2.45) is 5.92 Å². The quantitative estimate of drug-likeness (QED) is 0.896. The number of aryl methyl sites for hydroxylation is 1. The third kappa shape index (κ3) is 3.09. The number of fused-ring (bicyclic) bond motifs is 1. The van der Waals surface area contributed by atoms with Crippen LogP contribution in [0.2, 0.25) is 0 Å². The van der Waals surface area contributed by atoms with Gasteiger partial charge in [0.05, 0.1) is 4.90 Å². The van der Waals surface area contributed by atoms with Crippen LogP contribution in [0.15, 0.2) is 47.4 Å². The molecule has 26 heavy (non-hydrogen) atoms. The number of nitrogens with one attached hydrogen (secondary N) is 1. The molecule has 5 nitrogen and oxygen atoms in total. The van der Waals surface area contributed by atoms with Gasteiger partial charge in [-0.3, -0.25) is 9.52 Å². The second-order valence-corrected chi connectivity index (χ2v) is 8.98. The Balaban J connectivity index is 1.63. The summed E-state index contributed by atoms with van der Waals surface area (Å²) in [5, 5.41) is 0. The Bertz CT molecular complexity index is 980. The minimum Gasteiger partial charge on any atom is -0.309 e. The highest BCUT2D eigenvalue weighted by Crippen LogP contribution is 2.39. The van der Waals surface area contributed by atoms with Gasteiger partial charge in [0.2, 0.25) is 5.91 Å². The van der Waals surface area contributed by atoms with Crippen LogP contribution in [0.1, 0.15) is 30.9 Å². The third-order valence-electron chi connectivity index (χ3n) is 5.01. The van der Waals surface area contributed by atoms with Gasteiger partial charge in [0.1, 0.15) is 0 Å². The van der Waals surface area contributed by atoms with Gasteiger partial charge in [0.15, 0.2) is 0 Å². The topological polar surface area (TPSA) is 66.5 Å². The summed E-state index contributed by atoms with van der Waals surface area (Å²) in [5.41, 5.74) is 3.30. The smallest absolute Gasteiger partial charge is 0.261 e. The van der Waals surface area contributed by atoms with Crippen LogP contribution in [0.4, 0.5) is 11.4 Å². The van der Waals surface area contributed by atoms with E-state index in [1.54, 1.807) is 30.3 Å². The summed E-state index contributed by atoms with van der Waals surface area (Å²) in [4.78, 5) is 14.6. The lowest BCUT2D eigenvalue weighted by atomic mass is 10.1. The molecule has 0 bridgehead atoms. The van der Waals surface area contributed by atoms with Crippen LogP contribution in [0.25, 0.3) is 0 Å². The Hall–Kier alpha value is -2.34. The Labute approximate surface area is 154 Å². The number of carbonyl (C=O) groups excluding carboxylic acids is 1. The predicted octanol–water partition coefficient (Wildman–Crippen LogP) is 3.48. The van der Waals surface area contributed by atoms with Crippen molar-refractivity contribution in [2.45, 2.75) is 44.0 Å². The van der Waals surface area contributed by atoms with Gasteiger partial charge in [-0.2, -0.15) is 0 Å². The highest BCUT2D eigenvalue weighted by Gasteiger charge is 2.39. The predicted molar refractivity (Wildman–Crippen MR) is 102 cm³/mol. The van der Waals surface area contributed by atoms with Gasteiger partial charge in [0.25, 0.3) is 10.0 Å². The summed E-state index contributed by atoms with van der Waals surface area (Å²) in [7, 11) is -3.66. The van der Waals surface area contributed by atoms with E-state index in [9.17, 15) is 13.2 Å². The van der Waals surface area contributed by atoms with E-state index >= 15 is 0 Å². The molecule has 2 aromatic rings. The second kappa shape index (κ2) is 6.13. The van der Waals surface area contributed by atoms with Crippen molar-refractivity contribution >= 4 is 27.3 Å². The van der Waals surface area contributed by atoms with E-state index in [1.807, 2.05) is 30.9 Å². The van der Waals surface area contributed by atoms with Gasteiger partial charge in [-0.15, -0.1) is 0 Å². The normalized spacial score (nSPS) is 19.3. The van der Waals surface area contributed by atoms with Gasteiger partial charge in [-0.1, -0.05) is 12.1 Å². The molecule has 1 amide bonds. The van der Waals surface area contributed by atoms with Crippen molar-refractivity contribution in [2.75, 3.05) is 9.62 Å². The summed E-state index contributed by atoms with van der Waals surface area (Å²) in [6, 6.07) is 12.4. The van der Waals surface area contributed by atoms with Gasteiger partial charge in [-0.25, -0.2) is 8.42 Å². The average molecular weight is 370 g/mol. The molecule has 1 saturated carbocycles. The number of nitrogens with zero attached hydrogens (tertiary/aromatic N) is 1. The minimum absolute atomic E-state index is 0.0702. The molecule has 2 aromatic carbocycles. The highest BCUT2D eigenvalue weighted by atomic mass is 32.2. The molecule has 1 heterocycles. The molecule has 4 rings (SSSR count). The SMILES string of the molecule is Cc1cccc(NS(=O)(=O)c2ccc3c(c2)C[C@H](C)N3C(=O)C2CC2)c1. The minimum atomic E-state index is -3.66. The molecule has 0 radical (unpaired) electrons. The van der Waals surface area contributed by atoms with Gasteiger partial charge in [-0.05, 0) is 74.6 Å². The molecular formula is C20H22N2O3S. The number of carbonyl (C=O) groups is 1. The molecule has 1 atom stereocenters. The fourth-order valence-electron chi connectivity index (χ4n) is 3.56. The maximum atomic E-state index is 12.7. The Morgan fingerprint density at radius 1 is 1.15 bits per heavy atom. The zero-order valence-electron chi connectivity index (χ0n) is 14.9.